The summed E-state index contributed by atoms with van der Waals surface area (Å²) in [7, 11) is 0. The lowest BCUT2D eigenvalue weighted by Gasteiger charge is -2.14. The van der Waals surface area contributed by atoms with Crippen molar-refractivity contribution in [3.05, 3.63) is 46.5 Å². The van der Waals surface area contributed by atoms with E-state index in [0.29, 0.717) is 0 Å². The van der Waals surface area contributed by atoms with Gasteiger partial charge in [0.05, 0.1) is 0 Å². The third-order valence-corrected chi connectivity index (χ3v) is 2.88. The van der Waals surface area contributed by atoms with Gasteiger partial charge in [0.25, 0.3) is 0 Å². The highest BCUT2D eigenvalue weighted by Crippen LogP contribution is 2.21. The van der Waals surface area contributed by atoms with Crippen LogP contribution in [0.5, 0.6) is 0 Å². The minimum absolute atomic E-state index is 1.13. The molecule has 0 spiro atoms. The molecule has 0 radical (unpaired) electrons. The third kappa shape index (κ3) is 1.53. The lowest BCUT2D eigenvalue weighted by Crippen LogP contribution is -2.00. The number of benzene rings is 1. The second kappa shape index (κ2) is 3.37. The molecule has 0 heteroatoms. The molecule has 1 aromatic rings. The maximum atomic E-state index is 2.38. The monoisotopic (exact) mass is 172 g/mol. The van der Waals surface area contributed by atoms with Crippen molar-refractivity contribution in [1.29, 1.82) is 0 Å². The number of allylic oxidation sites excluding steroid dienone is 2. The first kappa shape index (κ1) is 8.55. The molecule has 2 rings (SSSR count). The van der Waals surface area contributed by atoms with Gasteiger partial charge in [-0.05, 0) is 48.4 Å². The summed E-state index contributed by atoms with van der Waals surface area (Å²) in [6.07, 6.45) is 7.95. The van der Waals surface area contributed by atoms with Gasteiger partial charge in [0, 0.05) is 0 Å². The van der Waals surface area contributed by atoms with Crippen LogP contribution >= 0.6 is 0 Å². The summed E-state index contributed by atoms with van der Waals surface area (Å²) < 4.78 is 0. The van der Waals surface area contributed by atoms with Gasteiger partial charge in [0.2, 0.25) is 0 Å². The van der Waals surface area contributed by atoms with Crippen molar-refractivity contribution in [3.8, 4) is 0 Å². The van der Waals surface area contributed by atoms with E-state index < -0.39 is 0 Å². The van der Waals surface area contributed by atoms with Crippen LogP contribution in [-0.4, -0.2) is 0 Å². The van der Waals surface area contributed by atoms with E-state index in [1.54, 1.807) is 0 Å². The Morgan fingerprint density at radius 1 is 1.08 bits per heavy atom. The van der Waals surface area contributed by atoms with Crippen molar-refractivity contribution in [2.75, 3.05) is 0 Å². The summed E-state index contributed by atoms with van der Waals surface area (Å²) in [5.74, 6) is 0. The van der Waals surface area contributed by atoms with Crippen LogP contribution in [0.2, 0.25) is 0 Å². The predicted octanol–water partition coefficient (Wildman–Crippen LogP) is 3.21. The highest BCUT2D eigenvalue weighted by molar-refractivity contribution is 5.41. The van der Waals surface area contributed by atoms with E-state index in [-0.39, 0.29) is 0 Å². The van der Waals surface area contributed by atoms with E-state index in [1.165, 1.54) is 22.3 Å². The molecular weight excluding hydrogens is 156 g/mol. The largest absolute Gasteiger partial charge is 0.0838 e. The molecule has 0 heterocycles. The zero-order valence-corrected chi connectivity index (χ0v) is 8.43. The first-order valence-corrected chi connectivity index (χ1v) is 5.07. The Hall–Kier alpha value is -1.04. The van der Waals surface area contributed by atoms with Crippen LogP contribution in [0.3, 0.4) is 0 Å². The average molecular weight is 172 g/mol. The summed E-state index contributed by atoms with van der Waals surface area (Å²) in [5, 5.41) is 0. The molecule has 0 fully saturated rings. The van der Waals surface area contributed by atoms with Crippen LogP contribution < -0.4 is 0 Å². The quantitative estimate of drug-likeness (QED) is 0.571. The van der Waals surface area contributed by atoms with Gasteiger partial charge >= 0.3 is 0 Å². The van der Waals surface area contributed by atoms with Crippen molar-refractivity contribution in [1.82, 2.24) is 0 Å². The summed E-state index contributed by atoms with van der Waals surface area (Å²) in [6.45, 7) is 4.45. The molecule has 0 atom stereocenters. The molecule has 13 heavy (non-hydrogen) atoms. The second-order valence-electron chi connectivity index (χ2n) is 3.78. The summed E-state index contributed by atoms with van der Waals surface area (Å²) in [6, 6.07) is 4.74. The zero-order chi connectivity index (χ0) is 9.26. The fourth-order valence-corrected chi connectivity index (χ4v) is 2.05. The van der Waals surface area contributed by atoms with E-state index in [9.17, 15) is 0 Å². The van der Waals surface area contributed by atoms with Crippen LogP contribution in [0.1, 0.15) is 29.2 Å². The number of aryl methyl sites for hydroxylation is 2. The predicted molar refractivity (Wildman–Crippen MR) is 57.1 cm³/mol. The van der Waals surface area contributed by atoms with E-state index in [1.807, 2.05) is 0 Å². The summed E-state index contributed by atoms with van der Waals surface area (Å²) in [4.78, 5) is 0. The van der Waals surface area contributed by atoms with E-state index >= 15 is 0 Å². The van der Waals surface area contributed by atoms with Crippen LogP contribution in [0, 0.1) is 6.92 Å². The van der Waals surface area contributed by atoms with Gasteiger partial charge in [-0.15, -0.1) is 0 Å². The van der Waals surface area contributed by atoms with Crippen LogP contribution in [0.4, 0.5) is 0 Å². The third-order valence-electron chi connectivity index (χ3n) is 2.88. The molecule has 1 aliphatic carbocycles. The number of rotatable bonds is 1. The van der Waals surface area contributed by atoms with Crippen molar-refractivity contribution in [3.63, 3.8) is 0 Å². The maximum Gasteiger partial charge on any atom is -0.00944 e. The van der Waals surface area contributed by atoms with E-state index in [4.69, 9.17) is 0 Å². The normalized spacial score (nSPS) is 14.3. The number of hydrogen-bond acceptors (Lipinski definition) is 0. The topological polar surface area (TPSA) is 0 Å². The minimum atomic E-state index is 1.13. The van der Waals surface area contributed by atoms with Gasteiger partial charge in [0.15, 0.2) is 0 Å². The van der Waals surface area contributed by atoms with Gasteiger partial charge in [-0.1, -0.05) is 31.2 Å². The summed E-state index contributed by atoms with van der Waals surface area (Å²) in [5.41, 5.74) is 6.02. The Bertz CT molecular complexity index is 345. The zero-order valence-electron chi connectivity index (χ0n) is 8.43. The average Bonchev–Trinajstić information content (AvgIpc) is 2.17. The highest BCUT2D eigenvalue weighted by Gasteiger charge is 2.07. The molecule has 0 nitrogen and oxygen atoms in total. The Balaban J connectivity index is 2.48. The van der Waals surface area contributed by atoms with Gasteiger partial charge in [0.1, 0.15) is 0 Å². The van der Waals surface area contributed by atoms with Gasteiger partial charge in [-0.2, -0.15) is 0 Å². The van der Waals surface area contributed by atoms with E-state index in [0.717, 1.165) is 19.3 Å². The fraction of sp³-hybridized carbons (Fsp3) is 0.385. The van der Waals surface area contributed by atoms with Crippen LogP contribution in [0.25, 0.3) is 0 Å². The highest BCUT2D eigenvalue weighted by atomic mass is 14.1. The molecule has 0 bridgehead atoms. The maximum absolute atomic E-state index is 2.38. The molecule has 0 saturated carbocycles. The van der Waals surface area contributed by atoms with Crippen molar-refractivity contribution in [2.45, 2.75) is 33.1 Å². The smallest absolute Gasteiger partial charge is 0.00944 e. The van der Waals surface area contributed by atoms with E-state index in [2.05, 4.69) is 38.1 Å². The van der Waals surface area contributed by atoms with Crippen molar-refractivity contribution >= 4 is 0 Å². The molecule has 1 aromatic carbocycles. The Morgan fingerprint density at radius 2 is 1.69 bits per heavy atom. The van der Waals surface area contributed by atoms with Gasteiger partial charge in [-0.25, -0.2) is 0 Å². The molecule has 0 unspecified atom stereocenters. The Kier molecular flexibility index (Phi) is 2.22. The van der Waals surface area contributed by atoms with Gasteiger partial charge in [-0.3, -0.25) is 0 Å². The summed E-state index contributed by atoms with van der Waals surface area (Å²) >= 11 is 0. The first-order valence-electron chi connectivity index (χ1n) is 5.07. The molecule has 0 saturated heterocycles. The first-order chi connectivity index (χ1) is 6.31. The minimum Gasteiger partial charge on any atom is -0.0838 e. The van der Waals surface area contributed by atoms with Crippen molar-refractivity contribution < 1.29 is 0 Å². The molecule has 0 amide bonds. The molecular formula is C13H16. The fourth-order valence-electron chi connectivity index (χ4n) is 2.05. The van der Waals surface area contributed by atoms with Crippen molar-refractivity contribution in [2.24, 2.45) is 0 Å². The SMILES string of the molecule is CCc1cc2c(cc1C)CC=CC2. The second-order valence-corrected chi connectivity index (χ2v) is 3.78. The Morgan fingerprint density at radius 3 is 2.31 bits per heavy atom. The molecule has 0 aliphatic heterocycles. The molecule has 68 valence electrons. The number of hydrogen-bond donors (Lipinski definition) is 0. The molecule has 1 aliphatic rings. The lowest BCUT2D eigenvalue weighted by atomic mass is 9.91. The van der Waals surface area contributed by atoms with Crippen LogP contribution in [-0.2, 0) is 19.3 Å². The van der Waals surface area contributed by atoms with Gasteiger partial charge < -0.3 is 0 Å². The molecule has 0 aromatic heterocycles. The Labute approximate surface area is 80.3 Å². The lowest BCUT2D eigenvalue weighted by molar-refractivity contribution is 1.03. The van der Waals surface area contributed by atoms with Crippen LogP contribution in [0.15, 0.2) is 24.3 Å². The number of fused-ring (bicyclic) bond motifs is 1. The standard InChI is InChI=1S/C13H16/c1-3-11-9-13-7-5-4-6-12(13)8-10(11)2/h4-5,8-9H,3,6-7H2,1-2H3. The molecule has 0 N–H and O–H groups in total.